The molecule has 0 aliphatic heterocycles. The molecule has 2 aliphatic carbocycles. The summed E-state index contributed by atoms with van der Waals surface area (Å²) in [5.41, 5.74) is 0.747. The maximum absolute atomic E-state index is 13.9. The highest BCUT2D eigenvalue weighted by Crippen LogP contribution is 2.50. The van der Waals surface area contributed by atoms with E-state index in [2.05, 4.69) is 12.2 Å². The van der Waals surface area contributed by atoms with E-state index in [9.17, 15) is 4.39 Å². The topological polar surface area (TPSA) is 12.0 Å². The highest BCUT2D eigenvalue weighted by Gasteiger charge is 2.40. The summed E-state index contributed by atoms with van der Waals surface area (Å²) in [4.78, 5) is 0. The van der Waals surface area contributed by atoms with Crippen molar-refractivity contribution in [3.63, 3.8) is 0 Å². The number of rotatable bonds is 6. The fraction of sp³-hybridized carbons (Fsp3) is 0.667. The molecule has 1 aromatic rings. The molecule has 1 N–H and O–H groups in total. The van der Waals surface area contributed by atoms with E-state index in [0.29, 0.717) is 11.1 Å². The number of halogens is 2. The lowest BCUT2D eigenvalue weighted by Gasteiger charge is -2.27. The van der Waals surface area contributed by atoms with Gasteiger partial charge >= 0.3 is 0 Å². The minimum atomic E-state index is -0.129. The summed E-state index contributed by atoms with van der Waals surface area (Å²) in [5.74, 6) is 2.62. The Hall–Kier alpha value is -0.600. The van der Waals surface area contributed by atoms with Crippen molar-refractivity contribution in [3.05, 3.63) is 34.6 Å². The van der Waals surface area contributed by atoms with Crippen molar-refractivity contribution in [1.82, 2.24) is 5.32 Å². The number of benzene rings is 1. The van der Waals surface area contributed by atoms with Crippen LogP contribution in [0.5, 0.6) is 0 Å². The van der Waals surface area contributed by atoms with E-state index < -0.39 is 0 Å². The molecule has 2 aliphatic rings. The smallest absolute Gasteiger partial charge is 0.126 e. The van der Waals surface area contributed by atoms with Gasteiger partial charge in [-0.05, 0) is 80.2 Å². The molecule has 0 radical (unpaired) electrons. The molecule has 116 valence electrons. The first-order valence-corrected chi connectivity index (χ1v) is 8.70. The Kier molecular flexibility index (Phi) is 4.85. The van der Waals surface area contributed by atoms with Crippen LogP contribution < -0.4 is 5.32 Å². The molecular formula is C18H25ClFN. The number of fused-ring (bicyclic) bond motifs is 2. The Morgan fingerprint density at radius 1 is 1.33 bits per heavy atom. The van der Waals surface area contributed by atoms with Gasteiger partial charge in [0, 0.05) is 11.1 Å². The van der Waals surface area contributed by atoms with Gasteiger partial charge in [-0.25, -0.2) is 4.39 Å². The van der Waals surface area contributed by atoms with Crippen LogP contribution >= 0.6 is 11.6 Å². The van der Waals surface area contributed by atoms with E-state index in [-0.39, 0.29) is 5.82 Å². The zero-order valence-electron chi connectivity index (χ0n) is 12.7. The van der Waals surface area contributed by atoms with E-state index in [1.807, 2.05) is 0 Å². The zero-order chi connectivity index (χ0) is 14.8. The lowest BCUT2D eigenvalue weighted by molar-refractivity contribution is 0.277. The SMILES string of the molecule is CCNC(Cc1cc(Cl)ccc1F)CC1CC2CCC1C2. The van der Waals surface area contributed by atoms with Gasteiger partial charge < -0.3 is 5.32 Å². The van der Waals surface area contributed by atoms with Crippen LogP contribution in [-0.4, -0.2) is 12.6 Å². The predicted molar refractivity (Wildman–Crippen MR) is 86.1 cm³/mol. The molecule has 21 heavy (non-hydrogen) atoms. The molecular weight excluding hydrogens is 285 g/mol. The maximum Gasteiger partial charge on any atom is 0.126 e. The first-order valence-electron chi connectivity index (χ1n) is 8.33. The molecule has 0 spiro atoms. The van der Waals surface area contributed by atoms with Gasteiger partial charge in [0.25, 0.3) is 0 Å². The van der Waals surface area contributed by atoms with Crippen LogP contribution in [0.1, 0.15) is 44.6 Å². The molecule has 0 heterocycles. The van der Waals surface area contributed by atoms with Crippen LogP contribution in [0.15, 0.2) is 18.2 Å². The van der Waals surface area contributed by atoms with Crippen molar-refractivity contribution in [2.75, 3.05) is 6.54 Å². The van der Waals surface area contributed by atoms with Crippen LogP contribution in [-0.2, 0) is 6.42 Å². The van der Waals surface area contributed by atoms with Crippen LogP contribution in [0.3, 0.4) is 0 Å². The number of likely N-dealkylation sites (N-methyl/N-ethyl adjacent to an activating group) is 1. The molecule has 2 fully saturated rings. The van der Waals surface area contributed by atoms with Gasteiger partial charge in [0.05, 0.1) is 0 Å². The van der Waals surface area contributed by atoms with Crippen LogP contribution in [0, 0.1) is 23.6 Å². The number of hydrogen-bond acceptors (Lipinski definition) is 1. The number of nitrogens with one attached hydrogen (secondary N) is 1. The first kappa shape index (κ1) is 15.3. The Balaban J connectivity index is 1.65. The van der Waals surface area contributed by atoms with Crippen molar-refractivity contribution >= 4 is 11.6 Å². The molecule has 3 rings (SSSR count). The fourth-order valence-corrected chi connectivity index (χ4v) is 4.72. The third-order valence-electron chi connectivity index (χ3n) is 5.44. The van der Waals surface area contributed by atoms with Gasteiger partial charge in [0.2, 0.25) is 0 Å². The maximum atomic E-state index is 13.9. The molecule has 1 aromatic carbocycles. The summed E-state index contributed by atoms with van der Waals surface area (Å²) < 4.78 is 13.9. The van der Waals surface area contributed by atoms with E-state index in [1.165, 1.54) is 38.2 Å². The average Bonchev–Trinajstić information content (AvgIpc) is 3.05. The fourth-order valence-electron chi connectivity index (χ4n) is 4.52. The van der Waals surface area contributed by atoms with Crippen molar-refractivity contribution in [1.29, 1.82) is 0 Å². The second kappa shape index (κ2) is 6.66. The first-order chi connectivity index (χ1) is 10.2. The summed E-state index contributed by atoms with van der Waals surface area (Å²) in [5, 5.41) is 4.18. The Labute approximate surface area is 132 Å². The largest absolute Gasteiger partial charge is 0.314 e. The van der Waals surface area contributed by atoms with Crippen LogP contribution in [0.4, 0.5) is 4.39 Å². The van der Waals surface area contributed by atoms with Gasteiger partial charge in [0.15, 0.2) is 0 Å². The molecule has 2 saturated carbocycles. The molecule has 4 unspecified atom stereocenters. The quantitative estimate of drug-likeness (QED) is 0.794. The van der Waals surface area contributed by atoms with E-state index >= 15 is 0 Å². The molecule has 0 aromatic heterocycles. The standard InChI is InChI=1S/C18H25ClFN/c1-2-21-17(10-14-8-12-3-4-13(14)7-12)11-15-9-16(19)5-6-18(15)20/h5-6,9,12-14,17,21H,2-4,7-8,10-11H2,1H3. The molecule has 4 atom stereocenters. The van der Waals surface area contributed by atoms with Crippen molar-refractivity contribution in [3.8, 4) is 0 Å². The van der Waals surface area contributed by atoms with Crippen molar-refractivity contribution in [2.45, 2.75) is 51.5 Å². The monoisotopic (exact) mass is 309 g/mol. The minimum absolute atomic E-state index is 0.129. The lowest BCUT2D eigenvalue weighted by Crippen LogP contribution is -2.34. The van der Waals surface area contributed by atoms with Gasteiger partial charge in [0.1, 0.15) is 5.82 Å². The molecule has 2 bridgehead atoms. The summed E-state index contributed by atoms with van der Waals surface area (Å²) in [6, 6.07) is 5.26. The summed E-state index contributed by atoms with van der Waals surface area (Å²) in [7, 11) is 0. The Morgan fingerprint density at radius 3 is 2.86 bits per heavy atom. The Bertz CT molecular complexity index is 490. The van der Waals surface area contributed by atoms with Gasteiger partial charge in [-0.3, -0.25) is 0 Å². The van der Waals surface area contributed by atoms with Gasteiger partial charge in [-0.2, -0.15) is 0 Å². The number of hydrogen-bond donors (Lipinski definition) is 1. The highest BCUT2D eigenvalue weighted by molar-refractivity contribution is 6.30. The highest BCUT2D eigenvalue weighted by atomic mass is 35.5. The summed E-state index contributed by atoms with van der Waals surface area (Å²) >= 11 is 6.01. The van der Waals surface area contributed by atoms with Crippen molar-refractivity contribution < 1.29 is 4.39 Å². The average molecular weight is 310 g/mol. The molecule has 0 amide bonds. The normalized spacial score (nSPS) is 29.0. The molecule has 1 nitrogen and oxygen atoms in total. The minimum Gasteiger partial charge on any atom is -0.314 e. The van der Waals surface area contributed by atoms with Crippen LogP contribution in [0.25, 0.3) is 0 Å². The van der Waals surface area contributed by atoms with Crippen molar-refractivity contribution in [2.24, 2.45) is 17.8 Å². The van der Waals surface area contributed by atoms with E-state index in [4.69, 9.17) is 11.6 Å². The third-order valence-corrected chi connectivity index (χ3v) is 5.67. The van der Waals surface area contributed by atoms with E-state index in [0.717, 1.165) is 36.3 Å². The van der Waals surface area contributed by atoms with Gasteiger partial charge in [-0.15, -0.1) is 0 Å². The summed E-state index contributed by atoms with van der Waals surface area (Å²) in [6.07, 6.45) is 7.62. The van der Waals surface area contributed by atoms with Gasteiger partial charge in [-0.1, -0.05) is 24.9 Å². The molecule has 0 saturated heterocycles. The second-order valence-corrected chi connectivity index (χ2v) is 7.30. The Morgan fingerprint density at radius 2 is 2.19 bits per heavy atom. The predicted octanol–water partition coefficient (Wildman–Crippen LogP) is 4.83. The second-order valence-electron chi connectivity index (χ2n) is 6.87. The van der Waals surface area contributed by atoms with Crippen LogP contribution in [0.2, 0.25) is 5.02 Å². The van der Waals surface area contributed by atoms with E-state index in [1.54, 1.807) is 12.1 Å². The summed E-state index contributed by atoms with van der Waals surface area (Å²) in [6.45, 7) is 3.07. The third kappa shape index (κ3) is 3.60. The zero-order valence-corrected chi connectivity index (χ0v) is 13.5. The molecule has 3 heteroatoms. The lowest BCUT2D eigenvalue weighted by atomic mass is 9.83.